The van der Waals surface area contributed by atoms with Gasteiger partial charge >= 0.3 is 5.91 Å². The summed E-state index contributed by atoms with van der Waals surface area (Å²) in [5.41, 5.74) is 2.98. The summed E-state index contributed by atoms with van der Waals surface area (Å²) in [7, 11) is 0. The zero-order valence-electron chi connectivity index (χ0n) is 24.1. The summed E-state index contributed by atoms with van der Waals surface area (Å²) in [6.45, 7) is 2.35. The van der Waals surface area contributed by atoms with E-state index in [4.69, 9.17) is 27.9 Å². The van der Waals surface area contributed by atoms with Crippen LogP contribution in [-0.2, 0) is 21.9 Å². The maximum atomic E-state index is 15.3. The number of nitrogens with zero attached hydrogens (tertiary/aromatic N) is 3. The van der Waals surface area contributed by atoms with E-state index in [1.807, 2.05) is 31.2 Å². The smallest absolute Gasteiger partial charge is 0.301 e. The number of ketones is 1. The number of hydrogen-bond acceptors (Lipinski definition) is 8. The number of carbonyl (C=O) groups is 2. The quantitative estimate of drug-likeness (QED) is 0.0543. The number of halogens is 3. The van der Waals surface area contributed by atoms with Gasteiger partial charge in [0.15, 0.2) is 4.34 Å². The Labute approximate surface area is 282 Å². The summed E-state index contributed by atoms with van der Waals surface area (Å²) in [5.74, 6) is -2.03. The fourth-order valence-corrected chi connectivity index (χ4v) is 7.38. The van der Waals surface area contributed by atoms with E-state index in [1.165, 1.54) is 30.0 Å². The van der Waals surface area contributed by atoms with Gasteiger partial charge in [0.25, 0.3) is 5.78 Å². The topological polar surface area (TPSA) is 92.6 Å². The fraction of sp³-hybridized carbons (Fsp3) is 0.118. The summed E-state index contributed by atoms with van der Waals surface area (Å²) >= 11 is 14.7. The van der Waals surface area contributed by atoms with Crippen LogP contribution >= 0.6 is 46.3 Å². The standard InChI is InChI=1S/C34H24Cl2FN3O4S2/c1-19-6-2-3-7-21(19)17-44-24-14-11-20(12-15-24)30(41)28-29(25-8-4-5-9-27(25)37)40(32(43)31(28)42)33-38-39-34(46-33)45-18-22-10-13-23(35)16-26(22)36/h2-16,29,41H,17-18H2,1H3/b30-28+. The number of benzene rings is 4. The third kappa shape index (κ3) is 6.52. The van der Waals surface area contributed by atoms with Crippen molar-refractivity contribution in [2.75, 3.05) is 4.90 Å². The van der Waals surface area contributed by atoms with Crippen LogP contribution in [0, 0.1) is 12.7 Å². The van der Waals surface area contributed by atoms with Crippen molar-refractivity contribution < 1.29 is 23.8 Å². The van der Waals surface area contributed by atoms with Crippen LogP contribution in [0.4, 0.5) is 9.52 Å². The van der Waals surface area contributed by atoms with E-state index in [1.54, 1.807) is 48.5 Å². The molecular weight excluding hydrogens is 668 g/mol. The summed E-state index contributed by atoms with van der Waals surface area (Å²) < 4.78 is 21.7. The van der Waals surface area contributed by atoms with Crippen molar-refractivity contribution >= 4 is 68.9 Å². The van der Waals surface area contributed by atoms with Crippen LogP contribution in [0.25, 0.3) is 5.76 Å². The molecular formula is C34H24Cl2FN3O4S2. The van der Waals surface area contributed by atoms with Crippen LogP contribution < -0.4 is 9.64 Å². The molecule has 232 valence electrons. The molecule has 1 aliphatic heterocycles. The molecule has 1 fully saturated rings. The van der Waals surface area contributed by atoms with Crippen molar-refractivity contribution in [1.82, 2.24) is 10.2 Å². The number of aliphatic hydroxyl groups excluding tert-OH is 1. The molecule has 1 aliphatic rings. The Bertz CT molecular complexity index is 1980. The second-order valence-corrected chi connectivity index (χ2v) is 13.3. The normalized spacial score (nSPS) is 15.8. The summed E-state index contributed by atoms with van der Waals surface area (Å²) in [4.78, 5) is 28.1. The predicted molar refractivity (Wildman–Crippen MR) is 179 cm³/mol. The van der Waals surface area contributed by atoms with Crippen molar-refractivity contribution in [3.05, 3.63) is 140 Å². The molecule has 0 radical (unpaired) electrons. The highest BCUT2D eigenvalue weighted by Crippen LogP contribution is 2.45. The number of hydrogen-bond donors (Lipinski definition) is 1. The molecule has 1 amide bonds. The first kappa shape index (κ1) is 31.7. The molecule has 1 N–H and O–H groups in total. The third-order valence-corrected chi connectivity index (χ3v) is 10.1. The highest BCUT2D eigenvalue weighted by molar-refractivity contribution is 8.00. The number of aryl methyl sites for hydroxylation is 1. The zero-order chi connectivity index (χ0) is 32.4. The fourth-order valence-electron chi connectivity index (χ4n) is 4.95. The van der Waals surface area contributed by atoms with Gasteiger partial charge in [0, 0.05) is 26.9 Å². The highest BCUT2D eigenvalue weighted by atomic mass is 35.5. The Hall–Kier alpha value is -4.22. The van der Waals surface area contributed by atoms with Gasteiger partial charge in [-0.1, -0.05) is 94.8 Å². The number of ether oxygens (including phenoxy) is 1. The van der Waals surface area contributed by atoms with Crippen LogP contribution in [0.1, 0.15) is 33.9 Å². The summed E-state index contributed by atoms with van der Waals surface area (Å²) in [6, 6.07) is 24.0. The minimum Gasteiger partial charge on any atom is -0.507 e. The van der Waals surface area contributed by atoms with Gasteiger partial charge in [-0.3, -0.25) is 14.5 Å². The number of thioether (sulfide) groups is 1. The first-order chi connectivity index (χ1) is 22.2. The molecule has 46 heavy (non-hydrogen) atoms. The number of carbonyl (C=O) groups excluding carboxylic acids is 2. The van der Waals surface area contributed by atoms with Gasteiger partial charge in [0.2, 0.25) is 5.13 Å². The van der Waals surface area contributed by atoms with Gasteiger partial charge < -0.3 is 9.84 Å². The molecule has 0 aliphatic carbocycles. The second-order valence-electron chi connectivity index (χ2n) is 10.3. The molecule has 1 atom stereocenters. The summed E-state index contributed by atoms with van der Waals surface area (Å²) in [6.07, 6.45) is 0. The number of anilines is 1. The van der Waals surface area contributed by atoms with Gasteiger partial charge in [-0.05, 0) is 66.1 Å². The maximum Gasteiger partial charge on any atom is 0.301 e. The van der Waals surface area contributed by atoms with E-state index >= 15 is 4.39 Å². The van der Waals surface area contributed by atoms with Crippen LogP contribution in [0.15, 0.2) is 101 Å². The number of amides is 1. The van der Waals surface area contributed by atoms with Crippen molar-refractivity contribution in [3.63, 3.8) is 0 Å². The van der Waals surface area contributed by atoms with Crippen LogP contribution in [-0.4, -0.2) is 27.0 Å². The molecule has 6 rings (SSSR count). The molecule has 5 aromatic rings. The molecule has 0 saturated carbocycles. The monoisotopic (exact) mass is 691 g/mol. The number of aromatic nitrogens is 2. The maximum absolute atomic E-state index is 15.3. The van der Waals surface area contributed by atoms with Gasteiger partial charge in [-0.15, -0.1) is 10.2 Å². The first-order valence-corrected chi connectivity index (χ1v) is 16.5. The number of aliphatic hydroxyl groups is 1. The second kappa shape index (κ2) is 13.6. The minimum absolute atomic E-state index is 0.0267. The van der Waals surface area contributed by atoms with Gasteiger partial charge in [0.05, 0.1) is 5.57 Å². The third-order valence-electron chi connectivity index (χ3n) is 7.40. The molecule has 0 spiro atoms. The van der Waals surface area contributed by atoms with E-state index in [9.17, 15) is 14.7 Å². The van der Waals surface area contributed by atoms with Gasteiger partial charge in [-0.25, -0.2) is 4.39 Å². The van der Waals surface area contributed by atoms with Crippen molar-refractivity contribution in [3.8, 4) is 5.75 Å². The van der Waals surface area contributed by atoms with Crippen molar-refractivity contribution in [1.29, 1.82) is 0 Å². The van der Waals surface area contributed by atoms with E-state index < -0.39 is 29.3 Å². The molecule has 1 saturated heterocycles. The van der Waals surface area contributed by atoms with E-state index in [0.717, 1.165) is 32.9 Å². The number of Topliss-reactive ketones (excluding diaryl/α,β-unsaturated/α-hetero) is 1. The first-order valence-electron chi connectivity index (χ1n) is 13.9. The molecule has 1 aromatic heterocycles. The lowest BCUT2D eigenvalue weighted by atomic mass is 9.95. The summed E-state index contributed by atoms with van der Waals surface area (Å²) in [5, 5.41) is 20.9. The number of rotatable bonds is 9. The van der Waals surface area contributed by atoms with Gasteiger partial charge in [-0.2, -0.15) is 0 Å². The highest BCUT2D eigenvalue weighted by Gasteiger charge is 2.49. The lowest BCUT2D eigenvalue weighted by Crippen LogP contribution is -2.29. The minimum atomic E-state index is -1.28. The zero-order valence-corrected chi connectivity index (χ0v) is 27.3. The SMILES string of the molecule is Cc1ccccc1COc1ccc(/C(O)=C2\C(=O)C(=O)N(c3nnc(SCc4ccc(Cl)cc4Cl)s3)C2c2ccccc2F)cc1. The van der Waals surface area contributed by atoms with Crippen molar-refractivity contribution in [2.24, 2.45) is 0 Å². The van der Waals surface area contributed by atoms with E-state index in [-0.39, 0.29) is 21.8 Å². The predicted octanol–water partition coefficient (Wildman–Crippen LogP) is 8.79. The molecule has 7 nitrogen and oxygen atoms in total. The lowest BCUT2D eigenvalue weighted by molar-refractivity contribution is -0.132. The molecule has 12 heteroatoms. The largest absolute Gasteiger partial charge is 0.507 e. The Morgan fingerprint density at radius 3 is 2.46 bits per heavy atom. The molecule has 2 heterocycles. The average molecular weight is 693 g/mol. The Kier molecular flexibility index (Phi) is 9.42. The average Bonchev–Trinajstić information content (AvgIpc) is 3.62. The Balaban J connectivity index is 1.30. The van der Waals surface area contributed by atoms with Crippen LogP contribution in [0.3, 0.4) is 0 Å². The van der Waals surface area contributed by atoms with E-state index in [2.05, 4.69) is 10.2 Å². The Morgan fingerprint density at radius 1 is 0.978 bits per heavy atom. The van der Waals surface area contributed by atoms with Gasteiger partial charge in [0.1, 0.15) is 30.0 Å². The molecule has 1 unspecified atom stereocenters. The van der Waals surface area contributed by atoms with Crippen molar-refractivity contribution in [2.45, 2.75) is 29.7 Å². The van der Waals surface area contributed by atoms with Crippen LogP contribution in [0.2, 0.25) is 10.0 Å². The van der Waals surface area contributed by atoms with Crippen LogP contribution in [0.5, 0.6) is 5.75 Å². The van der Waals surface area contributed by atoms with E-state index in [0.29, 0.717) is 32.5 Å². The molecule has 0 bridgehead atoms. The lowest BCUT2D eigenvalue weighted by Gasteiger charge is -2.22. The molecule has 4 aromatic carbocycles. The Morgan fingerprint density at radius 2 is 1.72 bits per heavy atom.